The van der Waals surface area contributed by atoms with Crippen LogP contribution in [0.3, 0.4) is 0 Å². The van der Waals surface area contributed by atoms with E-state index in [1.54, 1.807) is 7.11 Å². The van der Waals surface area contributed by atoms with Crippen molar-refractivity contribution in [1.29, 1.82) is 0 Å². The lowest BCUT2D eigenvalue weighted by atomic mass is 9.78. The zero-order valence-electron chi connectivity index (χ0n) is 16.1. The van der Waals surface area contributed by atoms with Crippen LogP contribution in [0, 0.1) is 5.41 Å². The highest BCUT2D eigenvalue weighted by Gasteiger charge is 2.39. The average molecular weight is 375 g/mol. The van der Waals surface area contributed by atoms with E-state index in [9.17, 15) is 4.79 Å². The Labute approximate surface area is 165 Å². The molecule has 0 spiro atoms. The van der Waals surface area contributed by atoms with Gasteiger partial charge in [-0.25, -0.2) is 4.98 Å². The summed E-state index contributed by atoms with van der Waals surface area (Å²) >= 11 is 0. The zero-order chi connectivity index (χ0) is 19.4. The molecular weight excluding hydrogens is 350 g/mol. The minimum atomic E-state index is -0.499. The van der Waals surface area contributed by atoms with Gasteiger partial charge in [0.1, 0.15) is 5.82 Å². The Morgan fingerprint density at radius 2 is 1.86 bits per heavy atom. The number of methoxy groups -OCH3 is 1. The van der Waals surface area contributed by atoms with Gasteiger partial charge in [0, 0.05) is 12.7 Å². The Morgan fingerprint density at radius 3 is 2.64 bits per heavy atom. The zero-order valence-corrected chi connectivity index (χ0v) is 16.1. The normalized spacial score (nSPS) is 16.0. The van der Waals surface area contributed by atoms with Crippen LogP contribution in [0.15, 0.2) is 60.7 Å². The van der Waals surface area contributed by atoms with E-state index < -0.39 is 5.41 Å². The standard InChI is InChI=1S/C23H25N3O2/c1-28-16-23(11-13-24-14-12-23)22(27)26-21-8-4-7-20(25-21)19-10-9-17-5-2-3-6-18(17)15-19/h2-10,15,24H,11-14,16H2,1H3,(H,25,26,27). The summed E-state index contributed by atoms with van der Waals surface area (Å²) in [5.74, 6) is 0.559. The fraction of sp³-hybridized carbons (Fsp3) is 0.304. The van der Waals surface area contributed by atoms with Gasteiger partial charge in [0.2, 0.25) is 5.91 Å². The van der Waals surface area contributed by atoms with Crippen LogP contribution in [-0.4, -0.2) is 37.7 Å². The second-order valence-corrected chi connectivity index (χ2v) is 7.39. The summed E-state index contributed by atoms with van der Waals surface area (Å²) in [5, 5.41) is 8.71. The van der Waals surface area contributed by atoms with Crippen molar-refractivity contribution >= 4 is 22.5 Å². The molecule has 1 aromatic heterocycles. The number of benzene rings is 2. The first-order chi connectivity index (χ1) is 13.7. The monoisotopic (exact) mass is 375 g/mol. The van der Waals surface area contributed by atoms with E-state index >= 15 is 0 Å². The quantitative estimate of drug-likeness (QED) is 0.711. The lowest BCUT2D eigenvalue weighted by molar-refractivity contribution is -0.130. The molecule has 0 unspecified atom stereocenters. The molecule has 2 N–H and O–H groups in total. The molecule has 1 amide bonds. The third kappa shape index (κ3) is 3.77. The largest absolute Gasteiger partial charge is 0.384 e. The number of hydrogen-bond acceptors (Lipinski definition) is 4. The van der Waals surface area contributed by atoms with Crippen molar-refractivity contribution in [3.8, 4) is 11.3 Å². The molecule has 1 aliphatic heterocycles. The van der Waals surface area contributed by atoms with Gasteiger partial charge in [-0.1, -0.05) is 42.5 Å². The van der Waals surface area contributed by atoms with E-state index in [0.29, 0.717) is 12.4 Å². The molecule has 144 valence electrons. The lowest BCUT2D eigenvalue weighted by Gasteiger charge is -2.35. The Kier molecular flexibility index (Phi) is 5.37. The number of ether oxygens (including phenoxy) is 1. The van der Waals surface area contributed by atoms with E-state index in [0.717, 1.165) is 37.2 Å². The van der Waals surface area contributed by atoms with Gasteiger partial charge in [-0.05, 0) is 54.9 Å². The molecule has 1 aliphatic rings. The topological polar surface area (TPSA) is 63.2 Å². The SMILES string of the molecule is COCC1(C(=O)Nc2cccc(-c3ccc4ccccc4c3)n2)CCNCC1. The number of aromatic nitrogens is 1. The number of anilines is 1. The summed E-state index contributed by atoms with van der Waals surface area (Å²) in [7, 11) is 1.65. The Bertz CT molecular complexity index is 975. The number of hydrogen-bond donors (Lipinski definition) is 2. The Hall–Kier alpha value is -2.76. The predicted molar refractivity (Wildman–Crippen MR) is 112 cm³/mol. The lowest BCUT2D eigenvalue weighted by Crippen LogP contribution is -2.47. The van der Waals surface area contributed by atoms with Gasteiger partial charge in [-0.3, -0.25) is 4.79 Å². The van der Waals surface area contributed by atoms with Crippen LogP contribution in [-0.2, 0) is 9.53 Å². The number of carbonyl (C=O) groups excluding carboxylic acids is 1. The summed E-state index contributed by atoms with van der Waals surface area (Å²) in [6.07, 6.45) is 1.52. The average Bonchev–Trinajstić information content (AvgIpc) is 2.74. The van der Waals surface area contributed by atoms with Crippen LogP contribution in [0.1, 0.15) is 12.8 Å². The van der Waals surface area contributed by atoms with Gasteiger partial charge < -0.3 is 15.4 Å². The van der Waals surface area contributed by atoms with E-state index in [4.69, 9.17) is 4.74 Å². The van der Waals surface area contributed by atoms with Gasteiger partial charge in [-0.15, -0.1) is 0 Å². The van der Waals surface area contributed by atoms with Crippen molar-refractivity contribution in [1.82, 2.24) is 10.3 Å². The van der Waals surface area contributed by atoms with Crippen LogP contribution in [0.4, 0.5) is 5.82 Å². The smallest absolute Gasteiger partial charge is 0.234 e. The summed E-state index contributed by atoms with van der Waals surface area (Å²) < 4.78 is 5.37. The van der Waals surface area contributed by atoms with Crippen molar-refractivity contribution in [2.45, 2.75) is 12.8 Å². The highest BCUT2D eigenvalue weighted by molar-refractivity contribution is 5.95. The first-order valence-electron chi connectivity index (χ1n) is 9.68. The summed E-state index contributed by atoms with van der Waals surface area (Å²) in [6, 6.07) is 20.3. The molecule has 0 radical (unpaired) electrons. The molecule has 5 heteroatoms. The Balaban J connectivity index is 1.58. The fourth-order valence-electron chi connectivity index (χ4n) is 3.88. The van der Waals surface area contributed by atoms with Crippen molar-refractivity contribution in [3.05, 3.63) is 60.7 Å². The van der Waals surface area contributed by atoms with Crippen LogP contribution in [0.2, 0.25) is 0 Å². The number of carbonyl (C=O) groups is 1. The van der Waals surface area contributed by atoms with Crippen molar-refractivity contribution in [2.75, 3.05) is 32.1 Å². The predicted octanol–water partition coefficient (Wildman–Crippen LogP) is 3.86. The number of nitrogens with zero attached hydrogens (tertiary/aromatic N) is 1. The van der Waals surface area contributed by atoms with Crippen molar-refractivity contribution in [3.63, 3.8) is 0 Å². The maximum Gasteiger partial charge on any atom is 0.234 e. The molecule has 2 aromatic carbocycles. The van der Waals surface area contributed by atoms with Crippen LogP contribution < -0.4 is 10.6 Å². The molecule has 2 heterocycles. The molecule has 5 nitrogen and oxygen atoms in total. The first kappa shape index (κ1) is 18.6. The first-order valence-corrected chi connectivity index (χ1v) is 9.68. The van der Waals surface area contributed by atoms with E-state index in [1.807, 2.05) is 30.3 Å². The number of fused-ring (bicyclic) bond motifs is 1. The fourth-order valence-corrected chi connectivity index (χ4v) is 3.88. The van der Waals surface area contributed by atoms with Gasteiger partial charge >= 0.3 is 0 Å². The van der Waals surface area contributed by atoms with E-state index in [1.165, 1.54) is 10.8 Å². The second kappa shape index (κ2) is 8.09. The number of rotatable bonds is 5. The van der Waals surface area contributed by atoms with Gasteiger partial charge in [0.15, 0.2) is 0 Å². The van der Waals surface area contributed by atoms with Crippen LogP contribution >= 0.6 is 0 Å². The molecule has 1 saturated heterocycles. The number of piperidine rings is 1. The minimum Gasteiger partial charge on any atom is -0.384 e. The van der Waals surface area contributed by atoms with Crippen LogP contribution in [0.5, 0.6) is 0 Å². The molecule has 3 aromatic rings. The number of amides is 1. The molecule has 28 heavy (non-hydrogen) atoms. The summed E-state index contributed by atoms with van der Waals surface area (Å²) in [4.78, 5) is 17.7. The van der Waals surface area contributed by atoms with E-state index in [-0.39, 0.29) is 5.91 Å². The highest BCUT2D eigenvalue weighted by atomic mass is 16.5. The minimum absolute atomic E-state index is 0.0148. The highest BCUT2D eigenvalue weighted by Crippen LogP contribution is 2.31. The molecule has 0 saturated carbocycles. The molecule has 0 bridgehead atoms. The van der Waals surface area contributed by atoms with Gasteiger partial charge in [0.05, 0.1) is 17.7 Å². The molecule has 4 rings (SSSR count). The molecular formula is C23H25N3O2. The van der Waals surface area contributed by atoms with Gasteiger partial charge in [-0.2, -0.15) is 0 Å². The molecule has 0 atom stereocenters. The molecule has 0 aliphatic carbocycles. The Morgan fingerprint density at radius 1 is 1.07 bits per heavy atom. The third-order valence-corrected chi connectivity index (χ3v) is 5.50. The van der Waals surface area contributed by atoms with E-state index in [2.05, 4.69) is 45.9 Å². The number of pyridine rings is 1. The maximum atomic E-state index is 13.0. The summed E-state index contributed by atoms with van der Waals surface area (Å²) in [6.45, 7) is 2.06. The number of nitrogens with one attached hydrogen (secondary N) is 2. The third-order valence-electron chi connectivity index (χ3n) is 5.50. The van der Waals surface area contributed by atoms with Crippen molar-refractivity contribution in [2.24, 2.45) is 5.41 Å². The maximum absolute atomic E-state index is 13.0. The van der Waals surface area contributed by atoms with Crippen molar-refractivity contribution < 1.29 is 9.53 Å². The second-order valence-electron chi connectivity index (χ2n) is 7.39. The molecule has 1 fully saturated rings. The summed E-state index contributed by atoms with van der Waals surface area (Å²) in [5.41, 5.74) is 1.37. The van der Waals surface area contributed by atoms with Gasteiger partial charge in [0.25, 0.3) is 0 Å². The van der Waals surface area contributed by atoms with Crippen LogP contribution in [0.25, 0.3) is 22.0 Å².